The van der Waals surface area contributed by atoms with Crippen LogP contribution in [0.4, 0.5) is 0 Å². The fourth-order valence-corrected chi connectivity index (χ4v) is 3.21. The van der Waals surface area contributed by atoms with Crippen LogP contribution in [0.2, 0.25) is 0 Å². The van der Waals surface area contributed by atoms with Gasteiger partial charge in [0.15, 0.2) is 0 Å². The van der Waals surface area contributed by atoms with E-state index in [1.165, 1.54) is 12.8 Å². The van der Waals surface area contributed by atoms with Gasteiger partial charge in [-0.25, -0.2) is 0 Å². The minimum absolute atomic E-state index is 0.168. The summed E-state index contributed by atoms with van der Waals surface area (Å²) >= 11 is 0. The quantitative estimate of drug-likeness (QED) is 0.549. The average Bonchev–Trinajstić information content (AvgIpc) is 2.38. The van der Waals surface area contributed by atoms with Crippen LogP contribution in [0.3, 0.4) is 0 Å². The molecule has 0 aromatic carbocycles. The Morgan fingerprint density at radius 1 is 0.667 bits per heavy atom. The van der Waals surface area contributed by atoms with Crippen LogP contribution < -0.4 is 10.6 Å². The van der Waals surface area contributed by atoms with Crippen molar-refractivity contribution in [3.05, 3.63) is 0 Å². The Morgan fingerprint density at radius 2 is 1.06 bits per heavy atom. The van der Waals surface area contributed by atoms with Crippen LogP contribution in [-0.4, -0.2) is 47.6 Å². The molecule has 0 heterocycles. The Labute approximate surface area is 110 Å². The molecule has 4 nitrogen and oxygen atoms in total. The van der Waals surface area contributed by atoms with Gasteiger partial charge in [0.05, 0.1) is 12.2 Å². The molecule has 0 amide bonds. The van der Waals surface area contributed by atoms with E-state index >= 15 is 0 Å². The zero-order chi connectivity index (χ0) is 12.8. The Kier molecular flexibility index (Phi) is 5.89. The maximum atomic E-state index is 9.84. The summed E-state index contributed by atoms with van der Waals surface area (Å²) in [6.07, 6.45) is 8.49. The zero-order valence-electron chi connectivity index (χ0n) is 11.3. The van der Waals surface area contributed by atoms with Crippen molar-refractivity contribution in [1.29, 1.82) is 0 Å². The molecule has 2 rings (SSSR count). The van der Waals surface area contributed by atoms with Gasteiger partial charge in [0.25, 0.3) is 0 Å². The molecule has 106 valence electrons. The molecule has 18 heavy (non-hydrogen) atoms. The number of hydrogen-bond donors (Lipinski definition) is 4. The van der Waals surface area contributed by atoms with Gasteiger partial charge >= 0.3 is 0 Å². The lowest BCUT2D eigenvalue weighted by Gasteiger charge is -2.30. The van der Waals surface area contributed by atoms with E-state index in [2.05, 4.69) is 10.6 Å². The first kappa shape index (κ1) is 14.3. The molecule has 4 atom stereocenters. The molecule has 0 unspecified atom stereocenters. The smallest absolute Gasteiger partial charge is 0.0693 e. The zero-order valence-corrected chi connectivity index (χ0v) is 11.3. The molecule has 0 spiro atoms. The standard InChI is InChI=1S/C14H28N2O2/c17-13-7-3-1-5-11(13)15-9-10-16-12-6-2-4-8-14(12)18/h11-18H,1-10H2/t11-,12+,13-,14-/m0/s1. The second-order valence-corrected chi connectivity index (χ2v) is 5.82. The van der Waals surface area contributed by atoms with Gasteiger partial charge in [-0.05, 0) is 25.7 Å². The first-order chi connectivity index (χ1) is 8.77. The lowest BCUT2D eigenvalue weighted by atomic mass is 9.92. The summed E-state index contributed by atoms with van der Waals surface area (Å²) < 4.78 is 0. The lowest BCUT2D eigenvalue weighted by Crippen LogP contribution is -2.48. The normalized spacial score (nSPS) is 37.7. The highest BCUT2D eigenvalue weighted by molar-refractivity contribution is 4.82. The number of hydrogen-bond acceptors (Lipinski definition) is 4. The predicted octanol–water partition coefficient (Wildman–Crippen LogP) is 0.773. The summed E-state index contributed by atoms with van der Waals surface area (Å²) in [6, 6.07) is 0.550. The Morgan fingerprint density at radius 3 is 1.44 bits per heavy atom. The van der Waals surface area contributed by atoms with Crippen LogP contribution in [0.1, 0.15) is 51.4 Å². The van der Waals surface area contributed by atoms with Crippen molar-refractivity contribution in [3.63, 3.8) is 0 Å². The molecule has 2 fully saturated rings. The number of rotatable bonds is 5. The molecule has 2 aliphatic carbocycles. The van der Waals surface area contributed by atoms with Gasteiger partial charge < -0.3 is 20.8 Å². The van der Waals surface area contributed by atoms with Crippen LogP contribution in [0, 0.1) is 0 Å². The third-order valence-electron chi connectivity index (χ3n) is 4.40. The summed E-state index contributed by atoms with van der Waals surface area (Å²) in [5.74, 6) is 0. The Balaban J connectivity index is 1.57. The minimum Gasteiger partial charge on any atom is -0.392 e. The number of nitrogens with one attached hydrogen (secondary N) is 2. The Bertz CT molecular complexity index is 214. The molecule has 0 bridgehead atoms. The average molecular weight is 256 g/mol. The maximum absolute atomic E-state index is 9.84. The minimum atomic E-state index is -0.168. The molecule has 2 saturated carbocycles. The van der Waals surface area contributed by atoms with Gasteiger partial charge in [-0.3, -0.25) is 0 Å². The van der Waals surface area contributed by atoms with Gasteiger partial charge in [0.1, 0.15) is 0 Å². The van der Waals surface area contributed by atoms with Crippen molar-refractivity contribution >= 4 is 0 Å². The summed E-state index contributed by atoms with van der Waals surface area (Å²) in [5, 5.41) is 26.5. The van der Waals surface area contributed by atoms with Crippen molar-refractivity contribution in [2.75, 3.05) is 13.1 Å². The van der Waals surface area contributed by atoms with Gasteiger partial charge in [-0.2, -0.15) is 0 Å². The lowest BCUT2D eigenvalue weighted by molar-refractivity contribution is 0.0844. The van der Waals surface area contributed by atoms with Crippen molar-refractivity contribution in [1.82, 2.24) is 10.6 Å². The summed E-state index contributed by atoms with van der Waals surface area (Å²) in [6.45, 7) is 1.76. The van der Waals surface area contributed by atoms with Crippen LogP contribution in [0.25, 0.3) is 0 Å². The number of aliphatic hydroxyl groups is 2. The van der Waals surface area contributed by atoms with E-state index in [4.69, 9.17) is 0 Å². The summed E-state index contributed by atoms with van der Waals surface area (Å²) in [7, 11) is 0. The molecular weight excluding hydrogens is 228 g/mol. The van der Waals surface area contributed by atoms with Gasteiger partial charge in [0.2, 0.25) is 0 Å². The van der Waals surface area contributed by atoms with Crippen LogP contribution >= 0.6 is 0 Å². The molecule has 0 saturated heterocycles. The highest BCUT2D eigenvalue weighted by Crippen LogP contribution is 2.19. The van der Waals surface area contributed by atoms with Gasteiger partial charge in [0, 0.05) is 25.2 Å². The summed E-state index contributed by atoms with van der Waals surface area (Å²) in [4.78, 5) is 0. The maximum Gasteiger partial charge on any atom is 0.0693 e. The van der Waals surface area contributed by atoms with E-state index in [1.807, 2.05) is 0 Å². The van der Waals surface area contributed by atoms with Crippen LogP contribution in [-0.2, 0) is 0 Å². The summed E-state index contributed by atoms with van der Waals surface area (Å²) in [5.41, 5.74) is 0. The van der Waals surface area contributed by atoms with Crippen molar-refractivity contribution in [2.24, 2.45) is 0 Å². The van der Waals surface area contributed by atoms with Crippen molar-refractivity contribution in [2.45, 2.75) is 75.7 Å². The second kappa shape index (κ2) is 7.43. The van der Waals surface area contributed by atoms with Crippen molar-refractivity contribution in [3.8, 4) is 0 Å². The Hall–Kier alpha value is -0.160. The monoisotopic (exact) mass is 256 g/mol. The van der Waals surface area contributed by atoms with E-state index in [9.17, 15) is 10.2 Å². The van der Waals surface area contributed by atoms with Gasteiger partial charge in [-0.1, -0.05) is 25.7 Å². The predicted molar refractivity (Wildman–Crippen MR) is 72.5 cm³/mol. The topological polar surface area (TPSA) is 64.5 Å². The second-order valence-electron chi connectivity index (χ2n) is 5.82. The highest BCUT2D eigenvalue weighted by atomic mass is 16.3. The molecule has 4 N–H and O–H groups in total. The van der Waals surface area contributed by atoms with Crippen LogP contribution in [0.15, 0.2) is 0 Å². The molecule has 2 aliphatic rings. The fourth-order valence-electron chi connectivity index (χ4n) is 3.21. The fraction of sp³-hybridized carbons (Fsp3) is 1.00. The molecular formula is C14H28N2O2. The van der Waals surface area contributed by atoms with E-state index in [0.29, 0.717) is 0 Å². The van der Waals surface area contributed by atoms with Crippen molar-refractivity contribution < 1.29 is 10.2 Å². The van der Waals surface area contributed by atoms with E-state index in [1.54, 1.807) is 0 Å². The van der Waals surface area contributed by atoms with E-state index in [-0.39, 0.29) is 24.3 Å². The molecule has 0 aromatic rings. The van der Waals surface area contributed by atoms with E-state index < -0.39 is 0 Å². The molecule has 0 radical (unpaired) electrons. The molecule has 4 heteroatoms. The molecule has 0 aromatic heterocycles. The van der Waals surface area contributed by atoms with Crippen LogP contribution in [0.5, 0.6) is 0 Å². The van der Waals surface area contributed by atoms with Gasteiger partial charge in [-0.15, -0.1) is 0 Å². The first-order valence-electron chi connectivity index (χ1n) is 7.60. The van der Waals surface area contributed by atoms with E-state index in [0.717, 1.165) is 51.6 Å². The molecule has 0 aliphatic heterocycles. The first-order valence-corrected chi connectivity index (χ1v) is 7.60. The third-order valence-corrected chi connectivity index (χ3v) is 4.40. The SMILES string of the molecule is O[C@H]1CCCC[C@@H]1NCCN[C@@H]1CCCC[C@@H]1O. The largest absolute Gasteiger partial charge is 0.392 e. The highest BCUT2D eigenvalue weighted by Gasteiger charge is 2.23. The number of aliphatic hydroxyl groups excluding tert-OH is 2. The third kappa shape index (κ3) is 4.19.